The molecule has 0 radical (unpaired) electrons. The Hall–Kier alpha value is -0.900. The summed E-state index contributed by atoms with van der Waals surface area (Å²) in [5.74, 6) is -0.165. The fraction of sp³-hybridized carbons (Fsp3) is 0.400. The van der Waals surface area contributed by atoms with E-state index in [4.69, 9.17) is 16.3 Å². The van der Waals surface area contributed by atoms with Crippen LogP contribution in [0.4, 0.5) is 13.2 Å². The van der Waals surface area contributed by atoms with Gasteiger partial charge in [0.2, 0.25) is 0 Å². The minimum Gasteiger partial charge on any atom is -0.493 e. The van der Waals surface area contributed by atoms with Gasteiger partial charge in [-0.3, -0.25) is 0 Å². The normalized spacial score (nSPS) is 11.5. The highest BCUT2D eigenvalue weighted by Gasteiger charge is 2.35. The summed E-state index contributed by atoms with van der Waals surface area (Å²) in [5, 5.41) is 0. The van der Waals surface area contributed by atoms with Crippen molar-refractivity contribution in [3.8, 4) is 5.75 Å². The molecule has 15 heavy (non-hydrogen) atoms. The molecule has 0 spiro atoms. The largest absolute Gasteiger partial charge is 0.493 e. The van der Waals surface area contributed by atoms with E-state index in [2.05, 4.69) is 0 Å². The van der Waals surface area contributed by atoms with Gasteiger partial charge in [-0.15, -0.1) is 11.6 Å². The zero-order chi connectivity index (χ0) is 11.5. The van der Waals surface area contributed by atoms with Crippen LogP contribution in [0.3, 0.4) is 0 Å². The van der Waals surface area contributed by atoms with Crippen LogP contribution in [-0.4, -0.2) is 6.61 Å². The molecule has 5 heteroatoms. The molecule has 0 aliphatic heterocycles. The molecule has 1 aromatic carbocycles. The van der Waals surface area contributed by atoms with Crippen LogP contribution in [0.5, 0.6) is 5.75 Å². The van der Waals surface area contributed by atoms with Gasteiger partial charge in [-0.05, 0) is 13.0 Å². The van der Waals surface area contributed by atoms with Crippen molar-refractivity contribution in [1.29, 1.82) is 0 Å². The van der Waals surface area contributed by atoms with Crippen LogP contribution in [0.2, 0.25) is 0 Å². The molecule has 1 rings (SSSR count). The Bertz CT molecular complexity index is 336. The van der Waals surface area contributed by atoms with Crippen molar-refractivity contribution in [2.45, 2.75) is 19.0 Å². The molecule has 0 unspecified atom stereocenters. The van der Waals surface area contributed by atoms with Crippen molar-refractivity contribution in [3.05, 3.63) is 29.3 Å². The Balaban J connectivity index is 3.25. The number of benzene rings is 1. The minimum atomic E-state index is -4.41. The predicted octanol–water partition coefficient (Wildman–Crippen LogP) is 3.84. The van der Waals surface area contributed by atoms with E-state index in [0.29, 0.717) is 5.56 Å². The third-order valence-corrected chi connectivity index (χ3v) is 2.12. The summed E-state index contributed by atoms with van der Waals surface area (Å²) < 4.78 is 42.7. The maximum absolute atomic E-state index is 12.6. The van der Waals surface area contributed by atoms with Gasteiger partial charge in [0, 0.05) is 5.56 Å². The summed E-state index contributed by atoms with van der Waals surface area (Å²) in [4.78, 5) is 0. The lowest BCUT2D eigenvalue weighted by Crippen LogP contribution is -2.10. The summed E-state index contributed by atoms with van der Waals surface area (Å²) in [6, 6.07) is 3.83. The molecular weight excluding hydrogens is 229 g/mol. The van der Waals surface area contributed by atoms with Gasteiger partial charge in [0.15, 0.2) is 0 Å². The number of ether oxygens (including phenoxy) is 1. The summed E-state index contributed by atoms with van der Waals surface area (Å²) in [6.45, 7) is 1.81. The van der Waals surface area contributed by atoms with E-state index in [0.717, 1.165) is 6.07 Å². The van der Waals surface area contributed by atoms with Crippen molar-refractivity contribution >= 4 is 11.6 Å². The second-order valence-corrected chi connectivity index (χ2v) is 3.13. The smallest absolute Gasteiger partial charge is 0.419 e. The number of hydrogen-bond donors (Lipinski definition) is 0. The second kappa shape index (κ2) is 4.75. The topological polar surface area (TPSA) is 9.23 Å². The van der Waals surface area contributed by atoms with Crippen LogP contribution in [0, 0.1) is 0 Å². The molecule has 0 saturated heterocycles. The van der Waals surface area contributed by atoms with Crippen molar-refractivity contribution in [1.82, 2.24) is 0 Å². The van der Waals surface area contributed by atoms with Gasteiger partial charge in [-0.2, -0.15) is 13.2 Å². The fourth-order valence-corrected chi connectivity index (χ4v) is 1.44. The number of rotatable bonds is 3. The highest BCUT2D eigenvalue weighted by molar-refractivity contribution is 6.17. The minimum absolute atomic E-state index is 0.000741. The quantitative estimate of drug-likeness (QED) is 0.727. The van der Waals surface area contributed by atoms with Gasteiger partial charge < -0.3 is 4.74 Å². The van der Waals surface area contributed by atoms with Crippen LogP contribution < -0.4 is 4.74 Å². The van der Waals surface area contributed by atoms with Gasteiger partial charge in [0.1, 0.15) is 5.75 Å². The van der Waals surface area contributed by atoms with Crippen LogP contribution in [0.1, 0.15) is 18.1 Å². The Kier molecular flexibility index (Phi) is 3.85. The molecule has 0 heterocycles. The van der Waals surface area contributed by atoms with Crippen molar-refractivity contribution in [2.75, 3.05) is 6.61 Å². The Morgan fingerprint density at radius 3 is 2.47 bits per heavy atom. The van der Waals surface area contributed by atoms with E-state index in [1.54, 1.807) is 6.92 Å². The molecule has 0 amide bonds. The Morgan fingerprint density at radius 2 is 2.00 bits per heavy atom. The summed E-state index contributed by atoms with van der Waals surface area (Å²) in [5.41, 5.74) is -0.421. The van der Waals surface area contributed by atoms with Crippen molar-refractivity contribution in [2.24, 2.45) is 0 Å². The third-order valence-electron chi connectivity index (χ3n) is 1.83. The molecule has 0 bridgehead atoms. The predicted molar refractivity (Wildman–Crippen MR) is 52.2 cm³/mol. The number of alkyl halides is 4. The lowest BCUT2D eigenvalue weighted by molar-refractivity contribution is -0.139. The second-order valence-electron chi connectivity index (χ2n) is 2.86. The van der Waals surface area contributed by atoms with Crippen molar-refractivity contribution in [3.63, 3.8) is 0 Å². The Morgan fingerprint density at radius 1 is 1.33 bits per heavy atom. The zero-order valence-corrected chi connectivity index (χ0v) is 8.82. The molecule has 1 nitrogen and oxygen atoms in total. The molecule has 1 aromatic rings. The molecule has 0 aliphatic rings. The van der Waals surface area contributed by atoms with Gasteiger partial charge in [0.05, 0.1) is 18.1 Å². The van der Waals surface area contributed by atoms with Crippen LogP contribution >= 0.6 is 11.6 Å². The first-order valence-corrected chi connectivity index (χ1v) is 4.92. The molecule has 0 saturated carbocycles. The van der Waals surface area contributed by atoms with Crippen LogP contribution in [-0.2, 0) is 12.1 Å². The SMILES string of the molecule is CCOc1c(CCl)cccc1C(F)(F)F. The highest BCUT2D eigenvalue weighted by atomic mass is 35.5. The van der Waals surface area contributed by atoms with Crippen molar-refractivity contribution < 1.29 is 17.9 Å². The number of hydrogen-bond acceptors (Lipinski definition) is 1. The molecular formula is C10H10ClF3O. The monoisotopic (exact) mass is 238 g/mol. The highest BCUT2D eigenvalue weighted by Crippen LogP contribution is 2.38. The molecule has 0 aromatic heterocycles. The van der Waals surface area contributed by atoms with E-state index in [1.807, 2.05) is 0 Å². The third kappa shape index (κ3) is 2.78. The van der Waals surface area contributed by atoms with Gasteiger partial charge >= 0.3 is 6.18 Å². The van der Waals surface area contributed by atoms with E-state index in [9.17, 15) is 13.2 Å². The zero-order valence-electron chi connectivity index (χ0n) is 8.07. The van der Waals surface area contributed by atoms with Crippen LogP contribution in [0.15, 0.2) is 18.2 Å². The van der Waals surface area contributed by atoms with E-state index in [1.165, 1.54) is 12.1 Å². The first kappa shape index (κ1) is 12.2. The summed E-state index contributed by atoms with van der Waals surface area (Å²) in [7, 11) is 0. The van der Waals surface area contributed by atoms with Crippen LogP contribution in [0.25, 0.3) is 0 Å². The van der Waals surface area contributed by atoms with E-state index >= 15 is 0 Å². The Labute approximate surface area is 90.8 Å². The first-order valence-electron chi connectivity index (χ1n) is 4.38. The number of para-hydroxylation sites is 1. The molecule has 0 aliphatic carbocycles. The standard InChI is InChI=1S/C10H10ClF3O/c1-2-15-9-7(6-11)4-3-5-8(9)10(12,13)14/h3-5H,2,6H2,1H3. The van der Waals surface area contributed by atoms with Gasteiger partial charge in [-0.1, -0.05) is 12.1 Å². The summed E-state index contributed by atoms with van der Waals surface area (Å²) in [6.07, 6.45) is -4.41. The summed E-state index contributed by atoms with van der Waals surface area (Å²) >= 11 is 5.54. The average Bonchev–Trinajstić information content (AvgIpc) is 2.17. The van der Waals surface area contributed by atoms with E-state index < -0.39 is 11.7 Å². The maximum Gasteiger partial charge on any atom is 0.419 e. The average molecular weight is 239 g/mol. The maximum atomic E-state index is 12.6. The molecule has 0 atom stereocenters. The van der Waals surface area contributed by atoms with Gasteiger partial charge in [-0.25, -0.2) is 0 Å². The molecule has 0 fully saturated rings. The first-order chi connectivity index (χ1) is 7.00. The lowest BCUT2D eigenvalue weighted by Gasteiger charge is -2.15. The van der Waals surface area contributed by atoms with E-state index in [-0.39, 0.29) is 18.2 Å². The van der Waals surface area contributed by atoms with Gasteiger partial charge in [0.25, 0.3) is 0 Å². The lowest BCUT2D eigenvalue weighted by atomic mass is 10.1. The molecule has 0 N–H and O–H groups in total. The fourth-order valence-electron chi connectivity index (χ4n) is 1.23. The number of halogens is 4. The molecule has 84 valence electrons.